The fourth-order valence-corrected chi connectivity index (χ4v) is 4.20. The van der Waals surface area contributed by atoms with Crippen molar-refractivity contribution < 1.29 is 13.2 Å². The molecule has 9 nitrogen and oxygen atoms in total. The number of nitrogens with zero attached hydrogens (tertiary/aromatic N) is 2. The fraction of sp³-hybridized carbons (Fsp3) is 0.118. The third-order valence-corrected chi connectivity index (χ3v) is 5.41. The first kappa shape index (κ1) is 18.2. The Hall–Kier alpha value is -3.18. The van der Waals surface area contributed by atoms with Crippen molar-refractivity contribution in [3.63, 3.8) is 0 Å². The highest BCUT2D eigenvalue weighted by molar-refractivity contribution is 7.92. The third-order valence-electron chi connectivity index (χ3n) is 3.96. The number of fused-ring (bicyclic) bond motifs is 2. The number of benzene rings is 2. The van der Waals surface area contributed by atoms with Crippen LogP contribution in [-0.2, 0) is 21.2 Å². The Morgan fingerprint density at radius 1 is 1.25 bits per heavy atom. The predicted molar refractivity (Wildman–Crippen MR) is 111 cm³/mol. The SMILES string of the molecule is CS(=O)(=O)Nc1ccc2[nH]nc(NC(=O)Cc3ccc4nc(N)sc4c3)c2c1. The zero-order valence-corrected chi connectivity index (χ0v) is 16.3. The molecule has 5 N–H and O–H groups in total. The van der Waals surface area contributed by atoms with E-state index >= 15 is 0 Å². The number of H-pyrrole nitrogens is 1. The van der Waals surface area contributed by atoms with Gasteiger partial charge in [0.2, 0.25) is 15.9 Å². The zero-order valence-electron chi connectivity index (χ0n) is 14.7. The number of nitrogens with one attached hydrogen (secondary N) is 3. The van der Waals surface area contributed by atoms with Crippen molar-refractivity contribution in [2.75, 3.05) is 22.0 Å². The lowest BCUT2D eigenvalue weighted by atomic mass is 10.1. The van der Waals surface area contributed by atoms with Gasteiger partial charge in [0, 0.05) is 11.1 Å². The van der Waals surface area contributed by atoms with Crippen LogP contribution in [0.5, 0.6) is 0 Å². The normalized spacial score (nSPS) is 11.8. The standard InChI is InChI=1S/C17H16N6O3S2/c1-28(25,26)23-10-3-5-12-11(8-10)16(22-21-12)20-15(24)7-9-2-4-13-14(6-9)27-17(18)19-13/h2-6,8,23H,7H2,1H3,(H2,18,19)(H2,20,21,22,24). The lowest BCUT2D eigenvalue weighted by molar-refractivity contribution is -0.115. The maximum atomic E-state index is 12.5. The summed E-state index contributed by atoms with van der Waals surface area (Å²) in [5, 5.41) is 10.8. The van der Waals surface area contributed by atoms with Gasteiger partial charge in [-0.2, -0.15) is 5.10 Å². The fourth-order valence-electron chi connectivity index (χ4n) is 2.85. The molecule has 0 unspecified atom stereocenters. The highest BCUT2D eigenvalue weighted by Gasteiger charge is 2.12. The molecule has 2 heterocycles. The van der Waals surface area contributed by atoms with Crippen molar-refractivity contribution in [2.45, 2.75) is 6.42 Å². The van der Waals surface area contributed by atoms with E-state index in [-0.39, 0.29) is 12.3 Å². The first-order valence-electron chi connectivity index (χ1n) is 8.17. The Labute approximate surface area is 164 Å². The zero-order chi connectivity index (χ0) is 19.9. The Morgan fingerprint density at radius 2 is 2.07 bits per heavy atom. The van der Waals surface area contributed by atoms with Gasteiger partial charge in [-0.1, -0.05) is 17.4 Å². The molecule has 0 saturated carbocycles. The Kier molecular flexibility index (Phi) is 4.40. The van der Waals surface area contributed by atoms with Gasteiger partial charge in [-0.05, 0) is 35.9 Å². The average Bonchev–Trinajstić information content (AvgIpc) is 3.15. The molecular weight excluding hydrogens is 400 g/mol. The molecule has 0 bridgehead atoms. The summed E-state index contributed by atoms with van der Waals surface area (Å²) >= 11 is 1.37. The number of anilines is 3. The van der Waals surface area contributed by atoms with Crippen LogP contribution in [0.3, 0.4) is 0 Å². The number of hydrogen-bond donors (Lipinski definition) is 4. The monoisotopic (exact) mass is 416 g/mol. The van der Waals surface area contributed by atoms with E-state index in [0.29, 0.717) is 27.5 Å². The maximum Gasteiger partial charge on any atom is 0.230 e. The topological polar surface area (TPSA) is 143 Å². The van der Waals surface area contributed by atoms with Crippen LogP contribution in [0.25, 0.3) is 21.1 Å². The Bertz CT molecular complexity index is 1310. The Morgan fingerprint density at radius 3 is 2.86 bits per heavy atom. The summed E-state index contributed by atoms with van der Waals surface area (Å²) in [7, 11) is -3.40. The summed E-state index contributed by atoms with van der Waals surface area (Å²) in [5.74, 6) is 0.0898. The molecule has 0 aliphatic heterocycles. The summed E-state index contributed by atoms with van der Waals surface area (Å²) in [6, 6.07) is 10.5. The quantitative estimate of drug-likeness (QED) is 0.393. The van der Waals surface area contributed by atoms with E-state index in [9.17, 15) is 13.2 Å². The summed E-state index contributed by atoms with van der Waals surface area (Å²) in [6.07, 6.45) is 1.23. The molecule has 144 valence electrons. The highest BCUT2D eigenvalue weighted by atomic mass is 32.2. The lowest BCUT2D eigenvalue weighted by Crippen LogP contribution is -2.15. The van der Waals surface area contributed by atoms with Crippen molar-refractivity contribution in [3.8, 4) is 0 Å². The van der Waals surface area contributed by atoms with E-state index < -0.39 is 10.0 Å². The molecule has 4 aromatic rings. The second-order valence-corrected chi connectivity index (χ2v) is 9.10. The third kappa shape index (κ3) is 3.89. The van der Waals surface area contributed by atoms with E-state index in [4.69, 9.17) is 5.73 Å². The van der Waals surface area contributed by atoms with Crippen LogP contribution < -0.4 is 15.8 Å². The molecule has 0 radical (unpaired) electrons. The van der Waals surface area contributed by atoms with Crippen LogP contribution in [-0.4, -0.2) is 35.8 Å². The number of thiazole rings is 1. The number of sulfonamides is 1. The van der Waals surface area contributed by atoms with Crippen LogP contribution in [0.4, 0.5) is 16.6 Å². The van der Waals surface area contributed by atoms with Crippen molar-refractivity contribution in [1.82, 2.24) is 15.2 Å². The lowest BCUT2D eigenvalue weighted by Gasteiger charge is -2.05. The molecule has 0 aliphatic rings. The first-order chi connectivity index (χ1) is 13.3. The number of rotatable bonds is 5. The van der Waals surface area contributed by atoms with Crippen LogP contribution in [0, 0.1) is 0 Å². The number of aromatic nitrogens is 3. The molecule has 0 atom stereocenters. The van der Waals surface area contributed by atoms with Crippen molar-refractivity contribution in [3.05, 3.63) is 42.0 Å². The number of aromatic amines is 1. The van der Waals surface area contributed by atoms with Gasteiger partial charge in [-0.25, -0.2) is 13.4 Å². The van der Waals surface area contributed by atoms with Crippen LogP contribution >= 0.6 is 11.3 Å². The van der Waals surface area contributed by atoms with E-state index in [1.807, 2.05) is 18.2 Å². The van der Waals surface area contributed by atoms with Gasteiger partial charge in [0.25, 0.3) is 0 Å². The number of amides is 1. The molecule has 0 fully saturated rings. The summed E-state index contributed by atoms with van der Waals surface area (Å²) < 4.78 is 26.2. The minimum absolute atomic E-state index is 0.156. The van der Waals surface area contributed by atoms with E-state index in [1.165, 1.54) is 11.3 Å². The van der Waals surface area contributed by atoms with Gasteiger partial charge in [0.15, 0.2) is 10.9 Å². The minimum Gasteiger partial charge on any atom is -0.375 e. The number of carbonyl (C=O) groups excluding carboxylic acids is 1. The molecule has 4 rings (SSSR count). The molecule has 0 spiro atoms. The molecule has 0 aliphatic carbocycles. The van der Waals surface area contributed by atoms with Gasteiger partial charge >= 0.3 is 0 Å². The average molecular weight is 416 g/mol. The second kappa shape index (κ2) is 6.77. The highest BCUT2D eigenvalue weighted by Crippen LogP contribution is 2.26. The number of nitrogen functional groups attached to an aromatic ring is 1. The molecule has 1 amide bonds. The van der Waals surface area contributed by atoms with Gasteiger partial charge in [-0.15, -0.1) is 0 Å². The van der Waals surface area contributed by atoms with Crippen molar-refractivity contribution in [2.24, 2.45) is 0 Å². The smallest absolute Gasteiger partial charge is 0.230 e. The van der Waals surface area contributed by atoms with E-state index in [2.05, 4.69) is 25.2 Å². The van der Waals surface area contributed by atoms with E-state index in [1.54, 1.807) is 18.2 Å². The van der Waals surface area contributed by atoms with Crippen molar-refractivity contribution >= 4 is 65.0 Å². The molecule has 2 aromatic carbocycles. The van der Waals surface area contributed by atoms with Gasteiger partial charge in [0.05, 0.1) is 28.4 Å². The van der Waals surface area contributed by atoms with Crippen molar-refractivity contribution in [1.29, 1.82) is 0 Å². The predicted octanol–water partition coefficient (Wildman–Crippen LogP) is 2.31. The van der Waals surface area contributed by atoms with E-state index in [0.717, 1.165) is 22.0 Å². The van der Waals surface area contributed by atoms with Crippen LogP contribution in [0.2, 0.25) is 0 Å². The first-order valence-corrected chi connectivity index (χ1v) is 10.9. The van der Waals surface area contributed by atoms with Crippen LogP contribution in [0.1, 0.15) is 5.56 Å². The second-order valence-electron chi connectivity index (χ2n) is 6.29. The maximum absolute atomic E-state index is 12.5. The minimum atomic E-state index is -3.40. The van der Waals surface area contributed by atoms with Gasteiger partial charge in [-0.3, -0.25) is 14.6 Å². The summed E-state index contributed by atoms with van der Waals surface area (Å²) in [4.78, 5) is 16.7. The largest absolute Gasteiger partial charge is 0.375 e. The van der Waals surface area contributed by atoms with Gasteiger partial charge < -0.3 is 11.1 Å². The van der Waals surface area contributed by atoms with Gasteiger partial charge in [0.1, 0.15) is 0 Å². The Balaban J connectivity index is 1.54. The summed E-state index contributed by atoms with van der Waals surface area (Å²) in [6.45, 7) is 0. The number of carbonyl (C=O) groups is 1. The number of hydrogen-bond acceptors (Lipinski definition) is 7. The molecular formula is C17H16N6O3S2. The molecule has 28 heavy (non-hydrogen) atoms. The summed E-state index contributed by atoms with van der Waals surface area (Å²) in [5.41, 5.74) is 8.40. The number of nitrogens with two attached hydrogens (primary N) is 1. The molecule has 2 aromatic heterocycles. The molecule has 11 heteroatoms. The molecule has 0 saturated heterocycles. The van der Waals surface area contributed by atoms with Crippen LogP contribution in [0.15, 0.2) is 36.4 Å².